The molecule has 0 fully saturated rings. The molecule has 162 valence electrons. The van der Waals surface area contributed by atoms with Gasteiger partial charge < -0.3 is 4.84 Å². The molecular weight excluding hydrogens is 426 g/mol. The lowest BCUT2D eigenvalue weighted by Gasteiger charge is -2.19. The van der Waals surface area contributed by atoms with Crippen LogP contribution in [0.3, 0.4) is 0 Å². The van der Waals surface area contributed by atoms with Gasteiger partial charge >= 0.3 is 12.4 Å². The highest BCUT2D eigenvalue weighted by Gasteiger charge is 2.39. The van der Waals surface area contributed by atoms with Gasteiger partial charge in [0.15, 0.2) is 5.76 Å². The van der Waals surface area contributed by atoms with Crippen molar-refractivity contribution in [2.45, 2.75) is 19.3 Å². The molecule has 0 aliphatic carbocycles. The van der Waals surface area contributed by atoms with Crippen LogP contribution in [0.1, 0.15) is 22.5 Å². The lowest BCUT2D eigenvalue weighted by atomic mass is 10.1. The van der Waals surface area contributed by atoms with E-state index in [1.807, 2.05) is 0 Å². The summed E-state index contributed by atoms with van der Waals surface area (Å²) in [6.45, 7) is 1.79. The van der Waals surface area contributed by atoms with Gasteiger partial charge in [-0.25, -0.2) is 9.75 Å². The van der Waals surface area contributed by atoms with Gasteiger partial charge in [0.05, 0.1) is 35.2 Å². The van der Waals surface area contributed by atoms with E-state index in [2.05, 4.69) is 10.1 Å². The smallest absolute Gasteiger partial charge is 0.377 e. The second kappa shape index (κ2) is 7.33. The summed E-state index contributed by atoms with van der Waals surface area (Å²) in [6, 6.07) is 6.71. The summed E-state index contributed by atoms with van der Waals surface area (Å²) in [5.74, 6) is 0.471. The number of anilines is 1. The zero-order valence-corrected chi connectivity index (χ0v) is 15.9. The minimum Gasteiger partial charge on any atom is -0.377 e. The van der Waals surface area contributed by atoms with Crippen LogP contribution in [0.15, 0.2) is 54.9 Å². The standard InChI is InChI=1S/C20H14F6N4O/c1-12-17(29-9-7-18(31-29)15-4-2-3-8-27-15)11-28-30(12)16-6-5-13(19(21,22)23)10-14(16)20(24,25)26/h2-8,10-11H,9H2,1H3. The van der Waals surface area contributed by atoms with Crippen molar-refractivity contribution in [1.82, 2.24) is 14.8 Å². The second-order valence-corrected chi connectivity index (χ2v) is 6.69. The molecule has 0 bridgehead atoms. The third-order valence-corrected chi connectivity index (χ3v) is 4.68. The summed E-state index contributed by atoms with van der Waals surface area (Å²) in [4.78, 5) is 9.91. The highest BCUT2D eigenvalue weighted by Crippen LogP contribution is 2.39. The number of pyridine rings is 1. The van der Waals surface area contributed by atoms with Crippen molar-refractivity contribution in [1.29, 1.82) is 0 Å². The fraction of sp³-hybridized carbons (Fsp3) is 0.200. The molecule has 1 aromatic carbocycles. The maximum atomic E-state index is 13.5. The largest absolute Gasteiger partial charge is 0.418 e. The van der Waals surface area contributed by atoms with E-state index in [9.17, 15) is 26.3 Å². The zero-order chi connectivity index (χ0) is 22.4. The SMILES string of the molecule is Cc1c(N2CC=C(c3ccccn3)O2)cnn1-c1ccc(C(F)(F)F)cc1C(F)(F)F. The number of nitrogens with zero attached hydrogens (tertiary/aromatic N) is 4. The van der Waals surface area contributed by atoms with E-state index in [4.69, 9.17) is 4.84 Å². The highest BCUT2D eigenvalue weighted by molar-refractivity contribution is 5.63. The number of rotatable bonds is 3. The molecule has 2 aromatic heterocycles. The minimum atomic E-state index is -5.01. The first-order valence-electron chi connectivity index (χ1n) is 8.96. The quantitative estimate of drug-likeness (QED) is 0.511. The molecular formula is C20H14F6N4O. The number of alkyl halides is 6. The van der Waals surface area contributed by atoms with Crippen molar-refractivity contribution < 1.29 is 31.2 Å². The van der Waals surface area contributed by atoms with Crippen molar-refractivity contribution in [2.75, 3.05) is 11.6 Å². The van der Waals surface area contributed by atoms with E-state index in [0.29, 0.717) is 23.2 Å². The molecule has 0 spiro atoms. The summed E-state index contributed by atoms with van der Waals surface area (Å²) < 4.78 is 80.3. The van der Waals surface area contributed by atoms with E-state index < -0.39 is 29.2 Å². The molecule has 3 aromatic rings. The molecule has 0 radical (unpaired) electrons. The minimum absolute atomic E-state index is 0.0865. The predicted molar refractivity (Wildman–Crippen MR) is 99.0 cm³/mol. The Balaban J connectivity index is 1.68. The molecule has 0 N–H and O–H groups in total. The Bertz CT molecular complexity index is 1130. The van der Waals surface area contributed by atoms with E-state index in [1.165, 1.54) is 18.2 Å². The Morgan fingerprint density at radius 1 is 0.968 bits per heavy atom. The van der Waals surface area contributed by atoms with Crippen molar-refractivity contribution >= 4 is 11.4 Å². The predicted octanol–water partition coefficient (Wildman–Crippen LogP) is 5.41. The molecule has 0 atom stereocenters. The number of hydrogen-bond acceptors (Lipinski definition) is 4. The number of aromatic nitrogens is 3. The van der Waals surface area contributed by atoms with Crippen molar-refractivity contribution in [2.24, 2.45) is 0 Å². The summed E-state index contributed by atoms with van der Waals surface area (Å²) in [7, 11) is 0. The number of halogens is 6. The lowest BCUT2D eigenvalue weighted by Crippen LogP contribution is -2.19. The monoisotopic (exact) mass is 440 g/mol. The van der Waals surface area contributed by atoms with Gasteiger partial charge in [0.1, 0.15) is 11.4 Å². The summed E-state index contributed by atoms with van der Waals surface area (Å²) >= 11 is 0. The van der Waals surface area contributed by atoms with Gasteiger partial charge in [-0.1, -0.05) is 6.07 Å². The Morgan fingerprint density at radius 3 is 2.39 bits per heavy atom. The average molecular weight is 440 g/mol. The summed E-state index contributed by atoms with van der Waals surface area (Å²) in [5, 5.41) is 5.39. The first kappa shape index (κ1) is 20.8. The topological polar surface area (TPSA) is 43.2 Å². The molecule has 3 heterocycles. The first-order chi connectivity index (χ1) is 14.6. The maximum absolute atomic E-state index is 13.5. The molecule has 0 saturated heterocycles. The van der Waals surface area contributed by atoms with Crippen molar-refractivity contribution in [3.05, 3.63) is 77.4 Å². The van der Waals surface area contributed by atoms with E-state index in [-0.39, 0.29) is 18.3 Å². The number of hydroxylamine groups is 1. The molecule has 4 rings (SSSR count). The lowest BCUT2D eigenvalue weighted by molar-refractivity contribution is -0.143. The fourth-order valence-electron chi connectivity index (χ4n) is 3.18. The maximum Gasteiger partial charge on any atom is 0.418 e. The molecule has 1 aliphatic heterocycles. The average Bonchev–Trinajstić information content (AvgIpc) is 3.33. The normalized spacial score (nSPS) is 14.5. The van der Waals surface area contributed by atoms with Crippen LogP contribution in [0.5, 0.6) is 0 Å². The Labute approximate surface area is 172 Å². The molecule has 1 aliphatic rings. The molecule has 0 unspecified atom stereocenters. The molecule has 0 saturated carbocycles. The summed E-state index contributed by atoms with van der Waals surface area (Å²) in [5.41, 5.74) is -2.12. The van der Waals surface area contributed by atoms with Crippen LogP contribution in [0.25, 0.3) is 11.4 Å². The molecule has 0 amide bonds. The van der Waals surface area contributed by atoms with Crippen molar-refractivity contribution in [3.63, 3.8) is 0 Å². The first-order valence-corrected chi connectivity index (χ1v) is 8.96. The number of hydrogen-bond donors (Lipinski definition) is 0. The summed E-state index contributed by atoms with van der Waals surface area (Å²) in [6.07, 6.45) is -5.28. The van der Waals surface area contributed by atoms with Crippen LogP contribution >= 0.6 is 0 Å². The van der Waals surface area contributed by atoms with Gasteiger partial charge in [0.2, 0.25) is 0 Å². The van der Waals surface area contributed by atoms with Gasteiger partial charge in [-0.2, -0.15) is 31.4 Å². The van der Waals surface area contributed by atoms with Gasteiger partial charge in [0, 0.05) is 6.20 Å². The Kier molecular flexibility index (Phi) is 4.91. The van der Waals surface area contributed by atoms with Crippen LogP contribution in [0.4, 0.5) is 32.0 Å². The molecule has 5 nitrogen and oxygen atoms in total. The third kappa shape index (κ3) is 3.94. The van der Waals surface area contributed by atoms with Crippen molar-refractivity contribution in [3.8, 4) is 5.69 Å². The van der Waals surface area contributed by atoms with Crippen LogP contribution in [0, 0.1) is 6.92 Å². The van der Waals surface area contributed by atoms with Gasteiger partial charge in [-0.15, -0.1) is 0 Å². The van der Waals surface area contributed by atoms with E-state index in [0.717, 1.165) is 10.7 Å². The number of benzene rings is 1. The highest BCUT2D eigenvalue weighted by atomic mass is 19.4. The van der Waals surface area contributed by atoms with Crippen LogP contribution in [0.2, 0.25) is 0 Å². The Morgan fingerprint density at radius 2 is 1.74 bits per heavy atom. The molecule has 11 heteroatoms. The zero-order valence-electron chi connectivity index (χ0n) is 15.9. The van der Waals surface area contributed by atoms with Gasteiger partial charge in [0.25, 0.3) is 0 Å². The van der Waals surface area contributed by atoms with Gasteiger partial charge in [-0.05, 0) is 43.3 Å². The van der Waals surface area contributed by atoms with Gasteiger partial charge in [-0.3, -0.25) is 4.98 Å². The van der Waals surface area contributed by atoms with Crippen LogP contribution < -0.4 is 5.06 Å². The Hall–Kier alpha value is -3.50. The van der Waals surface area contributed by atoms with Crippen LogP contribution in [-0.4, -0.2) is 21.3 Å². The fourth-order valence-corrected chi connectivity index (χ4v) is 3.18. The second-order valence-electron chi connectivity index (χ2n) is 6.69. The van der Waals surface area contributed by atoms with E-state index >= 15 is 0 Å². The van der Waals surface area contributed by atoms with Crippen LogP contribution in [-0.2, 0) is 17.2 Å². The van der Waals surface area contributed by atoms with E-state index in [1.54, 1.807) is 30.5 Å². The third-order valence-electron chi connectivity index (χ3n) is 4.68. The molecule has 31 heavy (non-hydrogen) atoms.